The minimum Gasteiger partial charge on any atom is -0.495 e. The van der Waals surface area contributed by atoms with Crippen molar-refractivity contribution in [2.24, 2.45) is 0 Å². The number of anilines is 1. The number of methoxy groups -OCH3 is 1. The molecule has 32 heavy (non-hydrogen) atoms. The maximum atomic E-state index is 13.2. The van der Waals surface area contributed by atoms with Crippen molar-refractivity contribution in [3.8, 4) is 5.75 Å². The highest BCUT2D eigenvalue weighted by Crippen LogP contribution is 2.29. The predicted molar refractivity (Wildman–Crippen MR) is 116 cm³/mol. The molecule has 1 fully saturated rings. The molecular formula is C22H25FN2O6S. The number of carbonyl (C=O) groups excluding carboxylic acids is 2. The van der Waals surface area contributed by atoms with Crippen LogP contribution in [-0.2, 0) is 19.6 Å². The first kappa shape index (κ1) is 23.7. The summed E-state index contributed by atoms with van der Waals surface area (Å²) in [6, 6.07) is 9.24. The van der Waals surface area contributed by atoms with Crippen LogP contribution in [0.1, 0.15) is 36.0 Å². The maximum absolute atomic E-state index is 13.2. The van der Waals surface area contributed by atoms with E-state index in [1.54, 1.807) is 0 Å². The Labute approximate surface area is 186 Å². The fourth-order valence-electron chi connectivity index (χ4n) is 3.40. The molecule has 172 valence electrons. The normalized spacial score (nSPS) is 14.9. The van der Waals surface area contributed by atoms with Gasteiger partial charge in [0.05, 0.1) is 12.7 Å². The first-order valence-electron chi connectivity index (χ1n) is 10.2. The first-order chi connectivity index (χ1) is 15.3. The van der Waals surface area contributed by atoms with E-state index in [0.717, 1.165) is 31.7 Å². The number of halogens is 1. The molecule has 0 atom stereocenters. The monoisotopic (exact) mass is 464 g/mol. The van der Waals surface area contributed by atoms with E-state index in [4.69, 9.17) is 9.47 Å². The van der Waals surface area contributed by atoms with E-state index in [9.17, 15) is 22.4 Å². The quantitative estimate of drug-likeness (QED) is 0.632. The van der Waals surface area contributed by atoms with E-state index in [1.807, 2.05) is 0 Å². The van der Waals surface area contributed by atoms with Crippen molar-refractivity contribution >= 4 is 27.6 Å². The van der Waals surface area contributed by atoms with Gasteiger partial charge in [-0.25, -0.2) is 17.6 Å². The molecule has 0 spiro atoms. The number of benzene rings is 2. The number of rotatable bonds is 7. The number of hydrogen-bond donors (Lipinski definition) is 1. The minimum absolute atomic E-state index is 0.0299. The number of nitrogens with one attached hydrogen (secondary N) is 1. The van der Waals surface area contributed by atoms with E-state index in [1.165, 1.54) is 47.8 Å². The summed E-state index contributed by atoms with van der Waals surface area (Å²) < 4.78 is 51.2. The third-order valence-corrected chi connectivity index (χ3v) is 6.94. The topological polar surface area (TPSA) is 102 Å². The molecule has 1 aliphatic rings. The molecule has 1 saturated heterocycles. The Morgan fingerprint density at radius 2 is 1.78 bits per heavy atom. The first-order valence-corrected chi connectivity index (χ1v) is 11.7. The van der Waals surface area contributed by atoms with Crippen molar-refractivity contribution in [2.45, 2.75) is 30.6 Å². The second-order valence-corrected chi connectivity index (χ2v) is 9.22. The second kappa shape index (κ2) is 10.6. The van der Waals surface area contributed by atoms with Crippen molar-refractivity contribution in [2.75, 3.05) is 32.1 Å². The maximum Gasteiger partial charge on any atom is 0.338 e. The molecule has 1 aliphatic heterocycles. The van der Waals surface area contributed by atoms with Gasteiger partial charge < -0.3 is 14.8 Å². The number of nitrogens with zero attached hydrogens (tertiary/aromatic N) is 1. The second-order valence-electron chi connectivity index (χ2n) is 7.32. The fourth-order valence-corrected chi connectivity index (χ4v) is 5.10. The summed E-state index contributed by atoms with van der Waals surface area (Å²) in [5.41, 5.74) is 0.194. The van der Waals surface area contributed by atoms with Gasteiger partial charge in [0.15, 0.2) is 6.61 Å². The minimum atomic E-state index is -3.87. The smallest absolute Gasteiger partial charge is 0.338 e. The molecule has 0 bridgehead atoms. The van der Waals surface area contributed by atoms with Crippen LogP contribution < -0.4 is 10.1 Å². The Morgan fingerprint density at radius 3 is 2.44 bits per heavy atom. The van der Waals surface area contributed by atoms with Gasteiger partial charge >= 0.3 is 5.97 Å². The number of sulfonamides is 1. The lowest BCUT2D eigenvalue weighted by Crippen LogP contribution is -2.32. The van der Waals surface area contributed by atoms with E-state index in [2.05, 4.69) is 5.32 Å². The van der Waals surface area contributed by atoms with Gasteiger partial charge in [-0.2, -0.15) is 4.31 Å². The van der Waals surface area contributed by atoms with E-state index < -0.39 is 34.3 Å². The summed E-state index contributed by atoms with van der Waals surface area (Å²) in [6.45, 7) is 0.191. The molecule has 10 heteroatoms. The van der Waals surface area contributed by atoms with Gasteiger partial charge in [-0.3, -0.25) is 4.79 Å². The van der Waals surface area contributed by atoms with Crippen molar-refractivity contribution < 1.29 is 31.9 Å². The highest BCUT2D eigenvalue weighted by molar-refractivity contribution is 7.89. The van der Waals surface area contributed by atoms with Crippen LogP contribution in [0.4, 0.5) is 10.1 Å². The fraction of sp³-hybridized carbons (Fsp3) is 0.364. The van der Waals surface area contributed by atoms with Gasteiger partial charge in [0, 0.05) is 18.8 Å². The number of amides is 1. The zero-order chi connectivity index (χ0) is 23.1. The van der Waals surface area contributed by atoms with Crippen LogP contribution in [-0.4, -0.2) is 51.4 Å². The van der Waals surface area contributed by atoms with Crippen LogP contribution >= 0.6 is 0 Å². The number of esters is 1. The van der Waals surface area contributed by atoms with Gasteiger partial charge in [-0.15, -0.1) is 0 Å². The summed E-state index contributed by atoms with van der Waals surface area (Å²) in [5.74, 6) is -1.92. The molecule has 0 radical (unpaired) electrons. The van der Waals surface area contributed by atoms with Crippen LogP contribution in [0.3, 0.4) is 0 Å². The standard InChI is InChI=1S/C22H25FN2O6S/c1-30-19-10-9-16(13-20(19)32(28,29)25-11-4-2-3-5-12-25)22(27)31-15-21(26)24-18-8-6-7-17(23)14-18/h6-10,13-14H,2-5,11-12,15H2,1H3,(H,24,26). The average molecular weight is 465 g/mol. The highest BCUT2D eigenvalue weighted by Gasteiger charge is 2.29. The van der Waals surface area contributed by atoms with Gasteiger partial charge in [-0.05, 0) is 49.2 Å². The molecule has 2 aromatic rings. The van der Waals surface area contributed by atoms with Gasteiger partial charge in [-0.1, -0.05) is 18.9 Å². The molecule has 3 rings (SSSR count). The lowest BCUT2D eigenvalue weighted by atomic mass is 10.2. The predicted octanol–water partition coefficient (Wildman–Crippen LogP) is 3.19. The molecule has 0 aliphatic carbocycles. The third-order valence-electron chi connectivity index (χ3n) is 5.02. The van der Waals surface area contributed by atoms with Gasteiger partial charge in [0.2, 0.25) is 10.0 Å². The van der Waals surface area contributed by atoms with Crippen molar-refractivity contribution in [3.05, 3.63) is 53.8 Å². The molecule has 1 amide bonds. The Balaban J connectivity index is 1.72. The summed E-state index contributed by atoms with van der Waals surface area (Å²) in [5, 5.41) is 2.41. The zero-order valence-corrected chi connectivity index (χ0v) is 18.5. The summed E-state index contributed by atoms with van der Waals surface area (Å²) in [4.78, 5) is 24.3. The van der Waals surface area contributed by atoms with Crippen LogP contribution in [0, 0.1) is 5.82 Å². The summed E-state index contributed by atoms with van der Waals surface area (Å²) in [7, 11) is -2.52. The van der Waals surface area contributed by atoms with Gasteiger partial charge in [0.25, 0.3) is 5.91 Å². The number of ether oxygens (including phenoxy) is 2. The van der Waals surface area contributed by atoms with Crippen LogP contribution in [0.2, 0.25) is 0 Å². The van der Waals surface area contributed by atoms with E-state index in [0.29, 0.717) is 13.1 Å². The van der Waals surface area contributed by atoms with E-state index in [-0.39, 0.29) is 21.9 Å². The average Bonchev–Trinajstić information content (AvgIpc) is 3.07. The molecule has 0 saturated carbocycles. The Hall–Kier alpha value is -2.98. The van der Waals surface area contributed by atoms with Crippen molar-refractivity contribution in [1.82, 2.24) is 4.31 Å². The lowest BCUT2D eigenvalue weighted by Gasteiger charge is -2.21. The third kappa shape index (κ3) is 5.83. The van der Waals surface area contributed by atoms with Crippen LogP contribution in [0.15, 0.2) is 47.4 Å². The summed E-state index contributed by atoms with van der Waals surface area (Å²) >= 11 is 0. The molecular weight excluding hydrogens is 439 g/mol. The zero-order valence-electron chi connectivity index (χ0n) is 17.7. The highest BCUT2D eigenvalue weighted by atomic mass is 32.2. The molecule has 8 nitrogen and oxygen atoms in total. The van der Waals surface area contributed by atoms with Crippen molar-refractivity contribution in [1.29, 1.82) is 0 Å². The van der Waals surface area contributed by atoms with E-state index >= 15 is 0 Å². The Kier molecular flexibility index (Phi) is 7.81. The largest absolute Gasteiger partial charge is 0.495 e. The number of carbonyl (C=O) groups is 2. The van der Waals surface area contributed by atoms with Crippen LogP contribution in [0.25, 0.3) is 0 Å². The molecule has 1 heterocycles. The molecule has 1 N–H and O–H groups in total. The SMILES string of the molecule is COc1ccc(C(=O)OCC(=O)Nc2cccc(F)c2)cc1S(=O)(=O)N1CCCCCC1. The number of hydrogen-bond acceptors (Lipinski definition) is 6. The summed E-state index contributed by atoms with van der Waals surface area (Å²) in [6.07, 6.45) is 3.47. The Morgan fingerprint density at radius 1 is 1.06 bits per heavy atom. The van der Waals surface area contributed by atoms with Crippen molar-refractivity contribution in [3.63, 3.8) is 0 Å². The molecule has 0 aromatic heterocycles. The molecule has 2 aromatic carbocycles. The van der Waals surface area contributed by atoms with Gasteiger partial charge in [0.1, 0.15) is 16.5 Å². The Bertz CT molecular complexity index is 1080. The lowest BCUT2D eigenvalue weighted by molar-refractivity contribution is -0.119. The van der Waals surface area contributed by atoms with Crippen LogP contribution in [0.5, 0.6) is 5.75 Å². The molecule has 0 unspecified atom stereocenters.